The summed E-state index contributed by atoms with van der Waals surface area (Å²) in [6.45, 7) is 3.20. The smallest absolute Gasteiger partial charge is 0.338 e. The van der Waals surface area contributed by atoms with Crippen molar-refractivity contribution in [2.75, 3.05) is 31.0 Å². The number of carbonyl (C=O) groups is 3. The van der Waals surface area contributed by atoms with Crippen LogP contribution in [0.4, 0.5) is 11.4 Å². The fourth-order valence-corrected chi connectivity index (χ4v) is 2.32. The Balaban J connectivity index is 1.90. The number of amides is 2. The Labute approximate surface area is 162 Å². The highest BCUT2D eigenvalue weighted by Crippen LogP contribution is 2.28. The first-order valence-corrected chi connectivity index (χ1v) is 8.58. The standard InChI is InChI=1S/C20H22N2O6/c1-4-27-18-11-14(5-10-17(18)26-3)20(25)28-12-19(24)22-16-8-6-15(7-9-16)21-13(2)23/h5-11H,4,12H2,1-3H3,(H,21,23)(H,22,24). The fourth-order valence-electron chi connectivity index (χ4n) is 2.32. The van der Waals surface area contributed by atoms with Crippen molar-refractivity contribution < 1.29 is 28.6 Å². The molecule has 0 saturated heterocycles. The van der Waals surface area contributed by atoms with Crippen LogP contribution in [0.15, 0.2) is 42.5 Å². The Morgan fingerprint density at radius 3 is 2.14 bits per heavy atom. The van der Waals surface area contributed by atoms with E-state index in [0.29, 0.717) is 29.5 Å². The van der Waals surface area contributed by atoms with Crippen LogP contribution in [0.5, 0.6) is 11.5 Å². The maximum atomic E-state index is 12.2. The van der Waals surface area contributed by atoms with E-state index >= 15 is 0 Å². The van der Waals surface area contributed by atoms with Gasteiger partial charge in [0.25, 0.3) is 5.91 Å². The molecule has 28 heavy (non-hydrogen) atoms. The molecule has 2 N–H and O–H groups in total. The molecule has 8 nitrogen and oxygen atoms in total. The summed E-state index contributed by atoms with van der Waals surface area (Å²) < 4.78 is 15.6. The van der Waals surface area contributed by atoms with E-state index in [1.165, 1.54) is 26.2 Å². The molecule has 8 heteroatoms. The highest BCUT2D eigenvalue weighted by atomic mass is 16.5. The Morgan fingerprint density at radius 2 is 1.57 bits per heavy atom. The molecule has 148 valence electrons. The number of esters is 1. The summed E-state index contributed by atoms with van der Waals surface area (Å²) in [6, 6.07) is 11.2. The fraction of sp³-hybridized carbons (Fsp3) is 0.250. The number of hydrogen-bond acceptors (Lipinski definition) is 6. The third-order valence-electron chi connectivity index (χ3n) is 3.52. The summed E-state index contributed by atoms with van der Waals surface area (Å²) in [5.41, 5.74) is 1.37. The maximum absolute atomic E-state index is 12.2. The topological polar surface area (TPSA) is 103 Å². The van der Waals surface area contributed by atoms with Gasteiger partial charge in [0.2, 0.25) is 5.91 Å². The van der Waals surface area contributed by atoms with Crippen molar-refractivity contribution in [3.05, 3.63) is 48.0 Å². The second-order valence-corrected chi connectivity index (χ2v) is 5.68. The van der Waals surface area contributed by atoms with E-state index in [0.717, 1.165) is 0 Å². The molecule has 0 saturated carbocycles. The second kappa shape index (κ2) is 9.96. The molecule has 0 spiro atoms. The molecule has 0 radical (unpaired) electrons. The Bertz CT molecular complexity index is 848. The molecule has 2 rings (SSSR count). The van der Waals surface area contributed by atoms with Gasteiger partial charge in [-0.1, -0.05) is 0 Å². The van der Waals surface area contributed by atoms with E-state index in [1.807, 2.05) is 6.92 Å². The van der Waals surface area contributed by atoms with Gasteiger partial charge in [-0.15, -0.1) is 0 Å². The van der Waals surface area contributed by atoms with Gasteiger partial charge in [-0.2, -0.15) is 0 Å². The lowest BCUT2D eigenvalue weighted by Crippen LogP contribution is -2.21. The van der Waals surface area contributed by atoms with E-state index in [-0.39, 0.29) is 11.5 Å². The third-order valence-corrected chi connectivity index (χ3v) is 3.52. The predicted molar refractivity (Wildman–Crippen MR) is 104 cm³/mol. The SMILES string of the molecule is CCOc1cc(C(=O)OCC(=O)Nc2ccc(NC(C)=O)cc2)ccc1OC. The minimum Gasteiger partial charge on any atom is -0.493 e. The lowest BCUT2D eigenvalue weighted by Gasteiger charge is -2.11. The molecule has 2 aromatic rings. The maximum Gasteiger partial charge on any atom is 0.338 e. The zero-order valence-corrected chi connectivity index (χ0v) is 15.9. The molecule has 0 fully saturated rings. The molecule has 0 bridgehead atoms. The average Bonchev–Trinajstić information content (AvgIpc) is 2.67. The van der Waals surface area contributed by atoms with Crippen LogP contribution >= 0.6 is 0 Å². The lowest BCUT2D eigenvalue weighted by molar-refractivity contribution is -0.119. The highest BCUT2D eigenvalue weighted by Gasteiger charge is 2.14. The Hall–Kier alpha value is -3.55. The first kappa shape index (κ1) is 20.8. The summed E-state index contributed by atoms with van der Waals surface area (Å²) >= 11 is 0. The minimum absolute atomic E-state index is 0.185. The van der Waals surface area contributed by atoms with Crippen LogP contribution < -0.4 is 20.1 Å². The molecule has 2 amide bonds. The number of rotatable bonds is 8. The van der Waals surface area contributed by atoms with Gasteiger partial charge < -0.3 is 24.8 Å². The normalized spacial score (nSPS) is 9.96. The Kier molecular flexibility index (Phi) is 7.38. The van der Waals surface area contributed by atoms with Crippen LogP contribution in [-0.2, 0) is 14.3 Å². The first-order valence-electron chi connectivity index (χ1n) is 8.58. The summed E-state index contributed by atoms with van der Waals surface area (Å²) in [5.74, 6) is -0.407. The molecule has 2 aromatic carbocycles. The Morgan fingerprint density at radius 1 is 0.929 bits per heavy atom. The first-order chi connectivity index (χ1) is 13.4. The number of hydrogen-bond donors (Lipinski definition) is 2. The minimum atomic E-state index is -0.653. The molecular weight excluding hydrogens is 364 g/mol. The summed E-state index contributed by atoms with van der Waals surface area (Å²) in [6.07, 6.45) is 0. The lowest BCUT2D eigenvalue weighted by atomic mass is 10.2. The van der Waals surface area contributed by atoms with E-state index in [9.17, 15) is 14.4 Å². The van der Waals surface area contributed by atoms with Gasteiger partial charge in [-0.3, -0.25) is 9.59 Å². The monoisotopic (exact) mass is 386 g/mol. The molecular formula is C20H22N2O6. The van der Waals surface area contributed by atoms with Gasteiger partial charge in [-0.25, -0.2) is 4.79 Å². The summed E-state index contributed by atoms with van der Waals surface area (Å²) in [5, 5.41) is 5.23. The number of ether oxygens (including phenoxy) is 3. The zero-order chi connectivity index (χ0) is 20.5. The van der Waals surface area contributed by atoms with Crippen LogP contribution in [0.1, 0.15) is 24.2 Å². The van der Waals surface area contributed by atoms with E-state index in [2.05, 4.69) is 10.6 Å². The van der Waals surface area contributed by atoms with Crippen LogP contribution in [0, 0.1) is 0 Å². The van der Waals surface area contributed by atoms with Crippen molar-refractivity contribution in [2.45, 2.75) is 13.8 Å². The van der Waals surface area contributed by atoms with Gasteiger partial charge in [0.1, 0.15) is 0 Å². The second-order valence-electron chi connectivity index (χ2n) is 5.68. The molecule has 0 unspecified atom stereocenters. The van der Waals surface area contributed by atoms with Gasteiger partial charge in [0.15, 0.2) is 18.1 Å². The van der Waals surface area contributed by atoms with Crippen molar-refractivity contribution in [2.24, 2.45) is 0 Å². The zero-order valence-electron chi connectivity index (χ0n) is 15.9. The van der Waals surface area contributed by atoms with Crippen molar-refractivity contribution >= 4 is 29.2 Å². The van der Waals surface area contributed by atoms with Gasteiger partial charge in [-0.05, 0) is 49.4 Å². The molecule has 0 aliphatic carbocycles. The number of nitrogens with one attached hydrogen (secondary N) is 2. The van der Waals surface area contributed by atoms with E-state index < -0.39 is 18.5 Å². The van der Waals surface area contributed by atoms with Crippen LogP contribution in [0.3, 0.4) is 0 Å². The van der Waals surface area contributed by atoms with E-state index in [1.54, 1.807) is 30.3 Å². The third kappa shape index (κ3) is 6.01. The molecule has 0 aliphatic rings. The van der Waals surface area contributed by atoms with Crippen LogP contribution in [-0.4, -0.2) is 38.1 Å². The predicted octanol–water partition coefficient (Wildman–Crippen LogP) is 2.85. The number of benzene rings is 2. The van der Waals surface area contributed by atoms with Crippen LogP contribution in [0.2, 0.25) is 0 Å². The summed E-state index contributed by atoms with van der Waals surface area (Å²) in [4.78, 5) is 35.1. The van der Waals surface area contributed by atoms with Gasteiger partial charge in [0.05, 0.1) is 19.3 Å². The largest absolute Gasteiger partial charge is 0.493 e. The van der Waals surface area contributed by atoms with Crippen molar-refractivity contribution in [1.82, 2.24) is 0 Å². The van der Waals surface area contributed by atoms with Gasteiger partial charge in [0, 0.05) is 18.3 Å². The van der Waals surface area contributed by atoms with Crippen LogP contribution in [0.25, 0.3) is 0 Å². The van der Waals surface area contributed by atoms with Gasteiger partial charge >= 0.3 is 5.97 Å². The summed E-state index contributed by atoms with van der Waals surface area (Å²) in [7, 11) is 1.50. The molecule has 0 aromatic heterocycles. The highest BCUT2D eigenvalue weighted by molar-refractivity contribution is 5.96. The molecule has 0 aliphatic heterocycles. The molecule has 0 heterocycles. The number of anilines is 2. The van der Waals surface area contributed by atoms with Crippen molar-refractivity contribution in [3.63, 3.8) is 0 Å². The quantitative estimate of drug-likeness (QED) is 0.676. The van der Waals surface area contributed by atoms with Crippen molar-refractivity contribution in [3.8, 4) is 11.5 Å². The molecule has 0 atom stereocenters. The average molecular weight is 386 g/mol. The number of carbonyl (C=O) groups excluding carboxylic acids is 3. The number of methoxy groups -OCH3 is 1. The van der Waals surface area contributed by atoms with Crippen molar-refractivity contribution in [1.29, 1.82) is 0 Å². The van der Waals surface area contributed by atoms with E-state index in [4.69, 9.17) is 14.2 Å².